The highest BCUT2D eigenvalue weighted by molar-refractivity contribution is 6.01. The molecule has 3 saturated heterocycles. The predicted molar refractivity (Wildman–Crippen MR) is 107 cm³/mol. The molecule has 2 atom stereocenters. The van der Waals surface area contributed by atoms with Gasteiger partial charge in [0.1, 0.15) is 0 Å². The standard InChI is InChI=1S/C22H30N4O2/c27-21(26-13-17-6-7-23-20(17)15-26)16-4-5-19-18(12-16)14-25(22(19)28)11-10-24-8-2-1-3-9-24/h4-5,12,17,20,23H,1-3,6-11,13-15H2/t17-,20+/m0/s1. The minimum atomic E-state index is 0.109. The van der Waals surface area contributed by atoms with Gasteiger partial charge in [0.2, 0.25) is 0 Å². The van der Waals surface area contributed by atoms with E-state index in [0.29, 0.717) is 18.5 Å². The van der Waals surface area contributed by atoms with Crippen molar-refractivity contribution in [3.8, 4) is 0 Å². The monoisotopic (exact) mass is 382 g/mol. The molecular formula is C22H30N4O2. The lowest BCUT2D eigenvalue weighted by Gasteiger charge is -2.28. The van der Waals surface area contributed by atoms with E-state index in [9.17, 15) is 9.59 Å². The smallest absolute Gasteiger partial charge is 0.254 e. The van der Waals surface area contributed by atoms with Gasteiger partial charge in [-0.1, -0.05) is 6.42 Å². The molecule has 28 heavy (non-hydrogen) atoms. The van der Waals surface area contributed by atoms with Crippen LogP contribution < -0.4 is 5.32 Å². The fraction of sp³-hybridized carbons (Fsp3) is 0.636. The third-order valence-corrected chi connectivity index (χ3v) is 7.02. The number of piperidine rings is 1. The Kier molecular flexibility index (Phi) is 4.85. The van der Waals surface area contributed by atoms with Crippen molar-refractivity contribution in [1.82, 2.24) is 20.0 Å². The van der Waals surface area contributed by atoms with Crippen molar-refractivity contribution in [2.75, 3.05) is 45.8 Å². The fourth-order valence-electron chi connectivity index (χ4n) is 5.34. The van der Waals surface area contributed by atoms with Crippen molar-refractivity contribution in [1.29, 1.82) is 0 Å². The van der Waals surface area contributed by atoms with Gasteiger partial charge < -0.3 is 20.0 Å². The van der Waals surface area contributed by atoms with Crippen molar-refractivity contribution in [3.63, 3.8) is 0 Å². The Labute approximate surface area is 166 Å². The molecule has 0 unspecified atom stereocenters. The van der Waals surface area contributed by atoms with Crippen LogP contribution >= 0.6 is 0 Å². The van der Waals surface area contributed by atoms with Crippen LogP contribution in [0.15, 0.2) is 18.2 Å². The lowest BCUT2D eigenvalue weighted by molar-refractivity contribution is 0.0751. The number of fused-ring (bicyclic) bond motifs is 2. The van der Waals surface area contributed by atoms with Crippen molar-refractivity contribution in [2.45, 2.75) is 38.3 Å². The highest BCUT2D eigenvalue weighted by Crippen LogP contribution is 2.28. The highest BCUT2D eigenvalue weighted by atomic mass is 16.2. The summed E-state index contributed by atoms with van der Waals surface area (Å²) in [6.45, 7) is 7.41. The number of amides is 2. The first-order valence-electron chi connectivity index (χ1n) is 10.9. The molecule has 0 spiro atoms. The molecule has 5 rings (SSSR count). The summed E-state index contributed by atoms with van der Waals surface area (Å²) in [5.74, 6) is 0.828. The number of carbonyl (C=O) groups is 2. The first-order valence-corrected chi connectivity index (χ1v) is 10.9. The summed E-state index contributed by atoms with van der Waals surface area (Å²) in [5.41, 5.74) is 2.51. The topological polar surface area (TPSA) is 55.9 Å². The Bertz CT molecular complexity index is 762. The van der Waals surface area contributed by atoms with Crippen LogP contribution in [0.2, 0.25) is 0 Å². The van der Waals surface area contributed by atoms with Gasteiger partial charge >= 0.3 is 0 Å². The summed E-state index contributed by atoms with van der Waals surface area (Å²) in [4.78, 5) is 32.1. The average molecular weight is 383 g/mol. The maximum absolute atomic E-state index is 13.0. The zero-order chi connectivity index (χ0) is 19.1. The summed E-state index contributed by atoms with van der Waals surface area (Å²) in [5, 5.41) is 3.50. The number of nitrogens with zero attached hydrogens (tertiary/aromatic N) is 3. The number of hydrogen-bond donors (Lipinski definition) is 1. The van der Waals surface area contributed by atoms with E-state index in [1.54, 1.807) is 0 Å². The van der Waals surface area contributed by atoms with Crippen LogP contribution in [0.5, 0.6) is 0 Å². The lowest BCUT2D eigenvalue weighted by atomic mass is 10.0. The minimum absolute atomic E-state index is 0.109. The fourth-order valence-corrected chi connectivity index (χ4v) is 5.34. The summed E-state index contributed by atoms with van der Waals surface area (Å²) < 4.78 is 0. The number of carbonyl (C=O) groups excluding carboxylic acids is 2. The minimum Gasteiger partial charge on any atom is -0.337 e. The van der Waals surface area contributed by atoms with Crippen LogP contribution in [-0.2, 0) is 6.54 Å². The van der Waals surface area contributed by atoms with E-state index in [4.69, 9.17) is 0 Å². The zero-order valence-corrected chi connectivity index (χ0v) is 16.5. The van der Waals surface area contributed by atoms with Gasteiger partial charge in [0, 0.05) is 49.9 Å². The molecule has 4 heterocycles. The molecule has 0 saturated carbocycles. The van der Waals surface area contributed by atoms with Crippen molar-refractivity contribution in [3.05, 3.63) is 34.9 Å². The van der Waals surface area contributed by atoms with Gasteiger partial charge in [-0.3, -0.25) is 9.59 Å². The third-order valence-electron chi connectivity index (χ3n) is 7.02. The molecule has 4 aliphatic heterocycles. The number of likely N-dealkylation sites (tertiary alicyclic amines) is 2. The second kappa shape index (κ2) is 7.48. The summed E-state index contributed by atoms with van der Waals surface area (Å²) in [6.07, 6.45) is 5.04. The van der Waals surface area contributed by atoms with Gasteiger partial charge in [0.15, 0.2) is 0 Å². The first-order chi connectivity index (χ1) is 13.7. The summed E-state index contributed by atoms with van der Waals surface area (Å²) in [7, 11) is 0. The Morgan fingerprint density at radius 2 is 1.96 bits per heavy atom. The van der Waals surface area contributed by atoms with Gasteiger partial charge in [0.25, 0.3) is 11.8 Å². The van der Waals surface area contributed by atoms with Crippen LogP contribution in [0.1, 0.15) is 52.0 Å². The molecule has 0 radical (unpaired) electrons. The predicted octanol–water partition coefficient (Wildman–Crippen LogP) is 1.56. The molecule has 2 amide bonds. The molecule has 3 fully saturated rings. The molecule has 0 aromatic heterocycles. The maximum atomic E-state index is 13.0. The van der Waals surface area contributed by atoms with E-state index in [2.05, 4.69) is 10.2 Å². The van der Waals surface area contributed by atoms with E-state index in [0.717, 1.165) is 62.5 Å². The van der Waals surface area contributed by atoms with E-state index in [1.165, 1.54) is 25.7 Å². The average Bonchev–Trinajstić information content (AvgIpc) is 3.40. The Hall–Kier alpha value is -1.92. The van der Waals surface area contributed by atoms with Gasteiger partial charge in [-0.2, -0.15) is 0 Å². The second-order valence-electron chi connectivity index (χ2n) is 8.82. The summed E-state index contributed by atoms with van der Waals surface area (Å²) >= 11 is 0. The van der Waals surface area contributed by atoms with Crippen LogP contribution in [-0.4, -0.2) is 78.4 Å². The Balaban J connectivity index is 1.23. The second-order valence-corrected chi connectivity index (χ2v) is 8.82. The van der Waals surface area contributed by atoms with E-state index >= 15 is 0 Å². The van der Waals surface area contributed by atoms with E-state index < -0.39 is 0 Å². The van der Waals surface area contributed by atoms with Crippen molar-refractivity contribution >= 4 is 11.8 Å². The molecule has 1 N–H and O–H groups in total. The van der Waals surface area contributed by atoms with Gasteiger partial charge in [-0.05, 0) is 68.6 Å². The summed E-state index contributed by atoms with van der Waals surface area (Å²) in [6, 6.07) is 6.12. The maximum Gasteiger partial charge on any atom is 0.254 e. The van der Waals surface area contributed by atoms with Crippen molar-refractivity contribution < 1.29 is 9.59 Å². The van der Waals surface area contributed by atoms with Crippen LogP contribution in [0.3, 0.4) is 0 Å². The molecule has 0 bridgehead atoms. The largest absolute Gasteiger partial charge is 0.337 e. The molecular weight excluding hydrogens is 352 g/mol. The number of benzene rings is 1. The molecule has 6 heteroatoms. The number of nitrogens with one attached hydrogen (secondary N) is 1. The molecule has 1 aromatic rings. The third kappa shape index (κ3) is 3.33. The van der Waals surface area contributed by atoms with Crippen molar-refractivity contribution in [2.24, 2.45) is 5.92 Å². The molecule has 0 aliphatic carbocycles. The van der Waals surface area contributed by atoms with E-state index in [-0.39, 0.29) is 11.8 Å². The molecule has 4 aliphatic rings. The van der Waals surface area contributed by atoms with Crippen LogP contribution in [0, 0.1) is 5.92 Å². The lowest BCUT2D eigenvalue weighted by Crippen LogP contribution is -2.38. The Morgan fingerprint density at radius 3 is 2.79 bits per heavy atom. The molecule has 6 nitrogen and oxygen atoms in total. The van der Waals surface area contributed by atoms with Gasteiger partial charge in [-0.15, -0.1) is 0 Å². The number of rotatable bonds is 4. The van der Waals surface area contributed by atoms with Gasteiger partial charge in [-0.25, -0.2) is 0 Å². The zero-order valence-electron chi connectivity index (χ0n) is 16.5. The molecule has 1 aromatic carbocycles. The van der Waals surface area contributed by atoms with Crippen LogP contribution in [0.25, 0.3) is 0 Å². The first kappa shape index (κ1) is 18.1. The normalized spacial score (nSPS) is 27.4. The SMILES string of the molecule is O=C(c1ccc2c(c1)CN(CCN1CCCCC1)C2=O)N1C[C@@H]2CCN[C@@H]2C1. The Morgan fingerprint density at radius 1 is 1.11 bits per heavy atom. The van der Waals surface area contributed by atoms with E-state index in [1.807, 2.05) is 28.0 Å². The van der Waals surface area contributed by atoms with Gasteiger partial charge in [0.05, 0.1) is 0 Å². The number of hydrogen-bond acceptors (Lipinski definition) is 4. The van der Waals surface area contributed by atoms with Crippen LogP contribution in [0.4, 0.5) is 0 Å². The highest BCUT2D eigenvalue weighted by Gasteiger charge is 2.38. The quantitative estimate of drug-likeness (QED) is 0.859. The molecule has 150 valence electrons.